The fourth-order valence-electron chi connectivity index (χ4n) is 3.24. The highest BCUT2D eigenvalue weighted by atomic mass is 16.4. The van der Waals surface area contributed by atoms with Gasteiger partial charge in [0.15, 0.2) is 11.7 Å². The van der Waals surface area contributed by atoms with E-state index in [1.165, 1.54) is 0 Å². The minimum absolute atomic E-state index is 0.160. The molecule has 5 rings (SSSR count). The monoisotopic (exact) mass is 411 g/mol. The second-order valence-electron chi connectivity index (χ2n) is 6.92. The molecular formula is C22H17N7O2. The average molecular weight is 411 g/mol. The Kier molecular flexibility index (Phi) is 4.47. The number of aromatic nitrogens is 6. The number of nitrogens with zero attached hydrogens (tertiary/aromatic N) is 6. The van der Waals surface area contributed by atoms with Gasteiger partial charge in [-0.3, -0.25) is 4.79 Å². The first-order chi connectivity index (χ1) is 15.1. The molecule has 31 heavy (non-hydrogen) atoms. The zero-order valence-electron chi connectivity index (χ0n) is 16.8. The molecule has 9 nitrogen and oxygen atoms in total. The molecule has 1 amide bonds. The van der Waals surface area contributed by atoms with E-state index in [1.807, 2.05) is 36.5 Å². The van der Waals surface area contributed by atoms with Crippen LogP contribution in [0.5, 0.6) is 0 Å². The number of anilines is 1. The number of benzene rings is 1. The van der Waals surface area contributed by atoms with Crippen LogP contribution in [0.2, 0.25) is 0 Å². The lowest BCUT2D eigenvalue weighted by Crippen LogP contribution is -2.13. The highest BCUT2D eigenvalue weighted by Gasteiger charge is 2.17. The standard InChI is InChI=1S/C22H17N7O2/c1-13-19(31-14(2)25-13)21(30)26-18-10-16(8-9-23-18)20-27-22-24-11-17(12-29(22)28-20)15-6-4-3-5-7-15/h3-12H,1-2H3,(H,23,26,30). The van der Waals surface area contributed by atoms with Gasteiger partial charge in [-0.2, -0.15) is 4.98 Å². The molecule has 0 aliphatic heterocycles. The Labute approximate surface area is 176 Å². The Bertz CT molecular complexity index is 1410. The molecule has 1 aromatic carbocycles. The summed E-state index contributed by atoms with van der Waals surface area (Å²) in [6.45, 7) is 3.40. The number of fused-ring (bicyclic) bond motifs is 1. The van der Waals surface area contributed by atoms with E-state index in [2.05, 4.69) is 30.4 Å². The molecule has 0 unspecified atom stereocenters. The van der Waals surface area contributed by atoms with Crippen molar-refractivity contribution in [3.8, 4) is 22.5 Å². The Hall–Kier alpha value is -4.40. The van der Waals surface area contributed by atoms with E-state index in [1.54, 1.807) is 42.9 Å². The Morgan fingerprint density at radius 2 is 1.84 bits per heavy atom. The molecule has 4 aromatic heterocycles. The van der Waals surface area contributed by atoms with Crippen LogP contribution in [-0.4, -0.2) is 35.5 Å². The fraction of sp³-hybridized carbons (Fsp3) is 0.0909. The summed E-state index contributed by atoms with van der Waals surface area (Å²) in [4.78, 5) is 29.7. The van der Waals surface area contributed by atoms with Crippen LogP contribution in [0.25, 0.3) is 28.3 Å². The smallest absolute Gasteiger partial charge is 0.294 e. The van der Waals surface area contributed by atoms with Gasteiger partial charge in [-0.15, -0.1) is 5.10 Å². The van der Waals surface area contributed by atoms with Gasteiger partial charge in [0.2, 0.25) is 5.76 Å². The molecule has 0 atom stereocenters. The molecule has 152 valence electrons. The number of aryl methyl sites for hydroxylation is 2. The van der Waals surface area contributed by atoms with E-state index in [0.29, 0.717) is 34.6 Å². The lowest BCUT2D eigenvalue weighted by molar-refractivity contribution is 0.0994. The van der Waals surface area contributed by atoms with Gasteiger partial charge in [-0.1, -0.05) is 30.3 Å². The summed E-state index contributed by atoms with van der Waals surface area (Å²) >= 11 is 0. The van der Waals surface area contributed by atoms with Crippen LogP contribution in [0.15, 0.2) is 65.5 Å². The van der Waals surface area contributed by atoms with Gasteiger partial charge in [0, 0.05) is 36.6 Å². The van der Waals surface area contributed by atoms with Crippen molar-refractivity contribution in [3.05, 3.63) is 78.4 Å². The van der Waals surface area contributed by atoms with E-state index >= 15 is 0 Å². The second kappa shape index (κ2) is 7.45. The van der Waals surface area contributed by atoms with Crippen LogP contribution in [0, 0.1) is 13.8 Å². The number of pyridine rings is 1. The third-order valence-corrected chi connectivity index (χ3v) is 4.67. The molecule has 0 spiro atoms. The topological polar surface area (TPSA) is 111 Å². The molecule has 0 saturated heterocycles. The van der Waals surface area contributed by atoms with Crippen LogP contribution in [-0.2, 0) is 0 Å². The highest BCUT2D eigenvalue weighted by molar-refractivity contribution is 6.02. The predicted molar refractivity (Wildman–Crippen MR) is 113 cm³/mol. The molecule has 9 heteroatoms. The number of carbonyl (C=O) groups is 1. The molecule has 5 aromatic rings. The van der Waals surface area contributed by atoms with E-state index in [0.717, 1.165) is 11.1 Å². The van der Waals surface area contributed by atoms with E-state index in [9.17, 15) is 4.79 Å². The molecule has 0 radical (unpaired) electrons. The molecule has 0 aliphatic rings. The van der Waals surface area contributed by atoms with Crippen LogP contribution in [0.3, 0.4) is 0 Å². The van der Waals surface area contributed by atoms with Crippen LogP contribution >= 0.6 is 0 Å². The average Bonchev–Trinajstić information content (AvgIpc) is 3.36. The first-order valence-electron chi connectivity index (χ1n) is 9.56. The van der Waals surface area contributed by atoms with Gasteiger partial charge >= 0.3 is 0 Å². The van der Waals surface area contributed by atoms with Crippen LogP contribution < -0.4 is 5.32 Å². The van der Waals surface area contributed by atoms with Crippen molar-refractivity contribution in [2.24, 2.45) is 0 Å². The minimum atomic E-state index is -0.417. The summed E-state index contributed by atoms with van der Waals surface area (Å²) in [6, 6.07) is 13.4. The number of rotatable bonds is 4. The van der Waals surface area contributed by atoms with E-state index in [4.69, 9.17) is 4.42 Å². The lowest BCUT2D eigenvalue weighted by atomic mass is 10.1. The molecular weight excluding hydrogens is 394 g/mol. The van der Waals surface area contributed by atoms with Crippen molar-refractivity contribution in [2.75, 3.05) is 5.32 Å². The largest absolute Gasteiger partial charge is 0.436 e. The Morgan fingerprint density at radius 3 is 2.61 bits per heavy atom. The summed E-state index contributed by atoms with van der Waals surface area (Å²) in [6.07, 6.45) is 5.23. The number of hydrogen-bond acceptors (Lipinski definition) is 7. The van der Waals surface area contributed by atoms with Crippen molar-refractivity contribution in [1.82, 2.24) is 29.5 Å². The SMILES string of the molecule is Cc1nc(C)c(C(=O)Nc2cc(-c3nc4ncc(-c5ccccc5)cn4n3)ccn2)o1. The van der Waals surface area contributed by atoms with E-state index < -0.39 is 5.91 Å². The van der Waals surface area contributed by atoms with Gasteiger partial charge in [0.1, 0.15) is 5.82 Å². The first-order valence-corrected chi connectivity index (χ1v) is 9.56. The summed E-state index contributed by atoms with van der Waals surface area (Å²) in [5.74, 6) is 1.48. The lowest BCUT2D eigenvalue weighted by Gasteiger charge is -2.03. The third kappa shape index (κ3) is 3.64. The number of hydrogen-bond donors (Lipinski definition) is 1. The van der Waals surface area contributed by atoms with Crippen LogP contribution in [0.1, 0.15) is 22.1 Å². The van der Waals surface area contributed by atoms with Crippen molar-refractivity contribution in [3.63, 3.8) is 0 Å². The number of nitrogens with one attached hydrogen (secondary N) is 1. The second-order valence-corrected chi connectivity index (χ2v) is 6.92. The van der Waals surface area contributed by atoms with Crippen molar-refractivity contribution >= 4 is 17.5 Å². The van der Waals surface area contributed by atoms with Crippen molar-refractivity contribution in [1.29, 1.82) is 0 Å². The molecule has 0 saturated carbocycles. The highest BCUT2D eigenvalue weighted by Crippen LogP contribution is 2.22. The number of oxazole rings is 1. The van der Waals surface area contributed by atoms with Gasteiger partial charge in [0.25, 0.3) is 11.7 Å². The zero-order chi connectivity index (χ0) is 21.4. The summed E-state index contributed by atoms with van der Waals surface area (Å²) < 4.78 is 7.00. The van der Waals surface area contributed by atoms with Gasteiger partial charge in [0.05, 0.1) is 5.69 Å². The molecule has 0 aliphatic carbocycles. The molecule has 4 heterocycles. The molecule has 1 N–H and O–H groups in total. The van der Waals surface area contributed by atoms with Gasteiger partial charge in [-0.25, -0.2) is 19.5 Å². The summed E-state index contributed by atoms with van der Waals surface area (Å²) in [7, 11) is 0. The minimum Gasteiger partial charge on any atom is -0.436 e. The summed E-state index contributed by atoms with van der Waals surface area (Å²) in [5, 5.41) is 7.26. The third-order valence-electron chi connectivity index (χ3n) is 4.67. The fourth-order valence-corrected chi connectivity index (χ4v) is 3.24. The van der Waals surface area contributed by atoms with E-state index in [-0.39, 0.29) is 5.76 Å². The quantitative estimate of drug-likeness (QED) is 0.480. The predicted octanol–water partition coefficient (Wildman–Crippen LogP) is 3.71. The zero-order valence-corrected chi connectivity index (χ0v) is 16.8. The van der Waals surface area contributed by atoms with Gasteiger partial charge in [-0.05, 0) is 24.6 Å². The van der Waals surface area contributed by atoms with Crippen LogP contribution in [0.4, 0.5) is 5.82 Å². The Morgan fingerprint density at radius 1 is 1.00 bits per heavy atom. The van der Waals surface area contributed by atoms with Crippen molar-refractivity contribution < 1.29 is 9.21 Å². The maximum absolute atomic E-state index is 12.5. The maximum atomic E-state index is 12.5. The van der Waals surface area contributed by atoms with Crippen molar-refractivity contribution in [2.45, 2.75) is 13.8 Å². The Balaban J connectivity index is 1.44. The number of carbonyl (C=O) groups excluding carboxylic acids is 1. The summed E-state index contributed by atoms with van der Waals surface area (Å²) in [5.41, 5.74) is 3.20. The molecule has 0 bridgehead atoms. The number of amides is 1. The maximum Gasteiger partial charge on any atom is 0.294 e. The van der Waals surface area contributed by atoms with Gasteiger partial charge < -0.3 is 9.73 Å². The molecule has 0 fully saturated rings. The normalized spacial score (nSPS) is 11.0. The first kappa shape index (κ1) is 18.6.